The molecule has 2 aromatic rings. The molecule has 0 unspecified atom stereocenters. The quantitative estimate of drug-likeness (QED) is 0.521. The Labute approximate surface area is 123 Å². The highest BCUT2D eigenvalue weighted by Crippen LogP contribution is 2.24. The lowest BCUT2D eigenvalue weighted by Crippen LogP contribution is -2.10. The fourth-order valence-electron chi connectivity index (χ4n) is 1.80. The summed E-state index contributed by atoms with van der Waals surface area (Å²) >= 11 is 0. The fourth-order valence-corrected chi connectivity index (χ4v) is 2.74. The summed E-state index contributed by atoms with van der Waals surface area (Å²) in [5, 5.41) is 0. The second-order valence-corrected chi connectivity index (χ2v) is 5.92. The van der Waals surface area contributed by atoms with Crippen molar-refractivity contribution in [3.05, 3.63) is 54.1 Å². The summed E-state index contributed by atoms with van der Waals surface area (Å²) in [6.07, 6.45) is 0.326. The number of nitrogens with two attached hydrogens (primary N) is 1. The van der Waals surface area contributed by atoms with E-state index >= 15 is 0 Å². The van der Waals surface area contributed by atoms with E-state index in [1.54, 1.807) is 25.1 Å². The number of ketones is 1. The monoisotopic (exact) mass is 305 g/mol. The third-order valence-electron chi connectivity index (χ3n) is 2.88. The Bertz CT molecular complexity index is 754. The van der Waals surface area contributed by atoms with Gasteiger partial charge in [-0.05, 0) is 24.3 Å². The lowest BCUT2D eigenvalue weighted by molar-refractivity contribution is 0.0989. The Kier molecular flexibility index (Phi) is 4.28. The van der Waals surface area contributed by atoms with Gasteiger partial charge in [0.05, 0.1) is 0 Å². The molecule has 6 heteroatoms. The number of rotatable bonds is 5. The van der Waals surface area contributed by atoms with Crippen LogP contribution in [0, 0.1) is 0 Å². The standard InChI is InChI=1S/C15H15NO4S/c1-2-15(17)13-9-8-11(10-14(13)16)20-21(18,19)12-6-4-3-5-7-12/h3-10H,2,16H2,1H3. The molecule has 0 radical (unpaired) electrons. The van der Waals surface area contributed by atoms with Crippen LogP contribution in [-0.4, -0.2) is 14.2 Å². The maximum atomic E-state index is 12.1. The number of nitrogen functional groups attached to an aromatic ring is 1. The van der Waals surface area contributed by atoms with Crippen LogP contribution in [0.2, 0.25) is 0 Å². The molecule has 0 spiro atoms. The molecule has 0 aliphatic rings. The zero-order chi connectivity index (χ0) is 15.5. The predicted molar refractivity (Wildman–Crippen MR) is 79.7 cm³/mol. The summed E-state index contributed by atoms with van der Waals surface area (Å²) < 4.78 is 29.1. The van der Waals surface area contributed by atoms with E-state index in [4.69, 9.17) is 9.92 Å². The normalized spacial score (nSPS) is 11.1. The average molecular weight is 305 g/mol. The van der Waals surface area contributed by atoms with Crippen LogP contribution in [-0.2, 0) is 10.1 Å². The van der Waals surface area contributed by atoms with Crippen molar-refractivity contribution < 1.29 is 17.4 Å². The molecular weight excluding hydrogens is 290 g/mol. The summed E-state index contributed by atoms with van der Waals surface area (Å²) in [5.41, 5.74) is 6.32. The number of carbonyl (C=O) groups is 1. The van der Waals surface area contributed by atoms with Crippen molar-refractivity contribution in [3.63, 3.8) is 0 Å². The van der Waals surface area contributed by atoms with Gasteiger partial charge >= 0.3 is 10.1 Å². The average Bonchev–Trinajstić information content (AvgIpc) is 2.47. The lowest BCUT2D eigenvalue weighted by Gasteiger charge is -2.09. The summed E-state index contributed by atoms with van der Waals surface area (Å²) in [6.45, 7) is 1.73. The van der Waals surface area contributed by atoms with Crippen LogP contribution in [0.3, 0.4) is 0 Å². The smallest absolute Gasteiger partial charge is 0.339 e. The molecule has 0 atom stereocenters. The van der Waals surface area contributed by atoms with Crippen LogP contribution in [0.5, 0.6) is 5.75 Å². The van der Waals surface area contributed by atoms with Gasteiger partial charge in [0, 0.05) is 23.7 Å². The molecule has 0 saturated carbocycles. The molecule has 2 aromatic carbocycles. The number of anilines is 1. The van der Waals surface area contributed by atoms with Crippen molar-refractivity contribution in [3.8, 4) is 5.75 Å². The predicted octanol–water partition coefficient (Wildman–Crippen LogP) is 2.63. The maximum Gasteiger partial charge on any atom is 0.339 e. The number of benzene rings is 2. The van der Waals surface area contributed by atoms with Gasteiger partial charge in [-0.3, -0.25) is 4.79 Å². The third-order valence-corrected chi connectivity index (χ3v) is 4.14. The first kappa shape index (κ1) is 15.1. The molecule has 0 fully saturated rings. The topological polar surface area (TPSA) is 86.5 Å². The van der Waals surface area contributed by atoms with E-state index in [9.17, 15) is 13.2 Å². The van der Waals surface area contributed by atoms with E-state index in [1.165, 1.54) is 30.3 Å². The van der Waals surface area contributed by atoms with Gasteiger partial charge < -0.3 is 9.92 Å². The molecule has 0 bridgehead atoms. The molecular formula is C15H15NO4S. The van der Waals surface area contributed by atoms with Gasteiger partial charge in [0.25, 0.3) is 0 Å². The molecule has 0 aliphatic heterocycles. The number of Topliss-reactive ketones (excluding diaryl/α,β-unsaturated/α-hetero) is 1. The van der Waals surface area contributed by atoms with Crippen molar-refractivity contribution >= 4 is 21.6 Å². The fraction of sp³-hybridized carbons (Fsp3) is 0.133. The number of hydrogen-bond acceptors (Lipinski definition) is 5. The minimum absolute atomic E-state index is 0.0530. The molecule has 0 saturated heterocycles. The summed E-state index contributed by atoms with van der Waals surface area (Å²) in [5.74, 6) is -0.0334. The maximum absolute atomic E-state index is 12.1. The van der Waals surface area contributed by atoms with E-state index in [2.05, 4.69) is 0 Å². The SMILES string of the molecule is CCC(=O)c1ccc(OS(=O)(=O)c2ccccc2)cc1N. The van der Waals surface area contributed by atoms with Crippen LogP contribution < -0.4 is 9.92 Å². The Hall–Kier alpha value is -2.34. The lowest BCUT2D eigenvalue weighted by atomic mass is 10.1. The van der Waals surface area contributed by atoms with Gasteiger partial charge in [0.2, 0.25) is 0 Å². The first-order chi connectivity index (χ1) is 9.94. The minimum atomic E-state index is -3.91. The highest BCUT2D eigenvalue weighted by Gasteiger charge is 2.17. The molecule has 0 aliphatic carbocycles. The van der Waals surface area contributed by atoms with E-state index in [0.717, 1.165) is 0 Å². The van der Waals surface area contributed by atoms with Crippen LogP contribution in [0.4, 0.5) is 5.69 Å². The van der Waals surface area contributed by atoms with Gasteiger partial charge in [0.15, 0.2) is 5.78 Å². The van der Waals surface area contributed by atoms with Gasteiger partial charge in [-0.1, -0.05) is 25.1 Å². The Morgan fingerprint density at radius 2 is 1.81 bits per heavy atom. The molecule has 110 valence electrons. The molecule has 21 heavy (non-hydrogen) atoms. The van der Waals surface area contributed by atoms with Crippen molar-refractivity contribution in [2.75, 3.05) is 5.73 Å². The third kappa shape index (κ3) is 3.41. The first-order valence-electron chi connectivity index (χ1n) is 6.36. The van der Waals surface area contributed by atoms with E-state index < -0.39 is 10.1 Å². The minimum Gasteiger partial charge on any atom is -0.398 e. The van der Waals surface area contributed by atoms with Crippen LogP contribution in [0.1, 0.15) is 23.7 Å². The molecule has 5 nitrogen and oxygen atoms in total. The van der Waals surface area contributed by atoms with Crippen LogP contribution in [0.15, 0.2) is 53.4 Å². The Morgan fingerprint density at radius 1 is 1.14 bits per heavy atom. The van der Waals surface area contributed by atoms with Gasteiger partial charge in [-0.25, -0.2) is 0 Å². The zero-order valence-corrected chi connectivity index (χ0v) is 12.3. The first-order valence-corrected chi connectivity index (χ1v) is 7.77. The molecule has 2 rings (SSSR count). The molecule has 0 amide bonds. The summed E-state index contributed by atoms with van der Waals surface area (Å²) in [6, 6.07) is 12.0. The zero-order valence-electron chi connectivity index (χ0n) is 11.4. The molecule has 0 heterocycles. The van der Waals surface area contributed by atoms with E-state index in [-0.39, 0.29) is 22.1 Å². The van der Waals surface area contributed by atoms with Gasteiger partial charge in [0.1, 0.15) is 10.6 Å². The summed E-state index contributed by atoms with van der Waals surface area (Å²) in [4.78, 5) is 11.7. The van der Waals surface area contributed by atoms with Crippen molar-refractivity contribution in [1.82, 2.24) is 0 Å². The van der Waals surface area contributed by atoms with Crippen LogP contribution in [0.25, 0.3) is 0 Å². The highest BCUT2D eigenvalue weighted by atomic mass is 32.2. The second kappa shape index (κ2) is 5.97. The Balaban J connectivity index is 2.29. The largest absolute Gasteiger partial charge is 0.398 e. The highest BCUT2D eigenvalue weighted by molar-refractivity contribution is 7.87. The van der Waals surface area contributed by atoms with Crippen molar-refractivity contribution in [2.45, 2.75) is 18.2 Å². The Morgan fingerprint density at radius 3 is 2.38 bits per heavy atom. The number of hydrogen-bond donors (Lipinski definition) is 1. The molecule has 0 aromatic heterocycles. The van der Waals surface area contributed by atoms with Crippen molar-refractivity contribution in [1.29, 1.82) is 0 Å². The second-order valence-electron chi connectivity index (χ2n) is 4.38. The van der Waals surface area contributed by atoms with Gasteiger partial charge in [-0.15, -0.1) is 0 Å². The van der Waals surface area contributed by atoms with Crippen molar-refractivity contribution in [2.24, 2.45) is 0 Å². The summed E-state index contributed by atoms with van der Waals surface area (Å²) in [7, 11) is -3.91. The van der Waals surface area contributed by atoms with Gasteiger partial charge in [-0.2, -0.15) is 8.42 Å². The molecule has 2 N–H and O–H groups in total. The number of carbonyl (C=O) groups excluding carboxylic acids is 1. The van der Waals surface area contributed by atoms with E-state index in [0.29, 0.717) is 12.0 Å². The van der Waals surface area contributed by atoms with E-state index in [1.807, 2.05) is 0 Å². The van der Waals surface area contributed by atoms with Crippen LogP contribution >= 0.6 is 0 Å².